The van der Waals surface area contributed by atoms with Crippen molar-refractivity contribution in [2.75, 3.05) is 5.32 Å². The number of anilines is 1. The number of aromatic nitrogens is 2. The molecule has 22 heavy (non-hydrogen) atoms. The number of carbonyl (C=O) groups excluding carboxylic acids is 1. The summed E-state index contributed by atoms with van der Waals surface area (Å²) in [7, 11) is -3.85. The molecule has 4 N–H and O–H groups in total. The number of primary sulfonamides is 1. The molecule has 0 aliphatic heterocycles. The van der Waals surface area contributed by atoms with Crippen molar-refractivity contribution in [3.63, 3.8) is 0 Å². The van der Waals surface area contributed by atoms with E-state index in [1.807, 2.05) is 13.8 Å². The highest BCUT2D eigenvalue weighted by Gasteiger charge is 2.13. The number of amides is 2. The van der Waals surface area contributed by atoms with E-state index in [1.165, 1.54) is 29.7 Å². The van der Waals surface area contributed by atoms with Crippen LogP contribution in [0.15, 0.2) is 29.6 Å². The molecule has 2 rings (SSSR count). The number of aryl methyl sites for hydroxylation is 1. The summed E-state index contributed by atoms with van der Waals surface area (Å²) < 4.78 is 22.2. The van der Waals surface area contributed by atoms with Gasteiger partial charge in [-0.05, 0) is 26.0 Å². The molecule has 0 fully saturated rings. The molecule has 0 saturated carbocycles. The molecule has 2 heterocycles. The van der Waals surface area contributed by atoms with Crippen LogP contribution in [0.3, 0.4) is 0 Å². The van der Waals surface area contributed by atoms with Crippen molar-refractivity contribution in [1.82, 2.24) is 15.3 Å². The Bertz CT molecular complexity index is 770. The van der Waals surface area contributed by atoms with Gasteiger partial charge in [0.2, 0.25) is 0 Å². The lowest BCUT2D eigenvalue weighted by Crippen LogP contribution is -2.31. The third-order valence-corrected chi connectivity index (χ3v) is 4.56. The van der Waals surface area contributed by atoms with Crippen molar-refractivity contribution in [1.29, 1.82) is 0 Å². The van der Waals surface area contributed by atoms with E-state index in [-0.39, 0.29) is 11.1 Å². The van der Waals surface area contributed by atoms with Crippen LogP contribution in [0.1, 0.15) is 22.9 Å². The fraction of sp³-hybridized carbons (Fsp3) is 0.250. The van der Waals surface area contributed by atoms with Crippen LogP contribution < -0.4 is 15.8 Å². The summed E-state index contributed by atoms with van der Waals surface area (Å²) in [5.74, 6) is 0. The van der Waals surface area contributed by atoms with Crippen LogP contribution >= 0.6 is 11.3 Å². The number of nitrogens with two attached hydrogens (primary N) is 1. The normalized spacial score (nSPS) is 12.7. The number of carbonyl (C=O) groups is 1. The van der Waals surface area contributed by atoms with Gasteiger partial charge in [0, 0.05) is 11.1 Å². The first-order valence-electron chi connectivity index (χ1n) is 6.24. The van der Waals surface area contributed by atoms with Crippen LogP contribution in [0, 0.1) is 6.92 Å². The Morgan fingerprint density at radius 1 is 1.32 bits per heavy atom. The summed E-state index contributed by atoms with van der Waals surface area (Å²) in [6.07, 6.45) is 2.96. The minimum Gasteiger partial charge on any atom is -0.329 e. The van der Waals surface area contributed by atoms with E-state index < -0.39 is 16.1 Å². The lowest BCUT2D eigenvalue weighted by molar-refractivity contribution is 0.249. The molecule has 1 atom stereocenters. The van der Waals surface area contributed by atoms with Gasteiger partial charge >= 0.3 is 6.03 Å². The smallest absolute Gasteiger partial charge is 0.319 e. The Labute approximate surface area is 131 Å². The van der Waals surface area contributed by atoms with Gasteiger partial charge in [0.05, 0.1) is 17.9 Å². The fourth-order valence-electron chi connectivity index (χ4n) is 1.62. The van der Waals surface area contributed by atoms with Crippen LogP contribution in [0.4, 0.5) is 10.5 Å². The molecule has 2 aromatic heterocycles. The van der Waals surface area contributed by atoms with Crippen molar-refractivity contribution in [2.24, 2.45) is 5.14 Å². The Hall–Kier alpha value is -2.04. The first-order valence-corrected chi connectivity index (χ1v) is 8.60. The average molecular weight is 341 g/mol. The van der Waals surface area contributed by atoms with E-state index in [9.17, 15) is 13.2 Å². The number of rotatable bonds is 4. The lowest BCUT2D eigenvalue weighted by atomic mass is 10.3. The standard InChI is InChI=1S/C12H15N5O3S2/c1-7-5-15-11(21-7)8(2)16-12(18)17-9-3-4-10(14-6-9)22(13,19)20/h3-6,8H,1-2H3,(H2,13,19,20)(H2,16,17,18). The number of nitrogens with zero attached hydrogens (tertiary/aromatic N) is 2. The Balaban J connectivity index is 1.97. The zero-order valence-electron chi connectivity index (χ0n) is 11.9. The summed E-state index contributed by atoms with van der Waals surface area (Å²) in [6.45, 7) is 3.76. The zero-order valence-corrected chi connectivity index (χ0v) is 13.5. The molecule has 0 spiro atoms. The first kappa shape index (κ1) is 16.3. The third-order valence-electron chi connectivity index (χ3n) is 2.64. The molecule has 118 valence electrons. The van der Waals surface area contributed by atoms with Gasteiger partial charge in [-0.25, -0.2) is 28.3 Å². The molecule has 0 saturated heterocycles. The van der Waals surface area contributed by atoms with Gasteiger partial charge in [0.15, 0.2) is 5.03 Å². The number of thiazole rings is 1. The van der Waals surface area contributed by atoms with Crippen molar-refractivity contribution in [2.45, 2.75) is 24.9 Å². The fourth-order valence-corrected chi connectivity index (χ4v) is 2.85. The first-order chi connectivity index (χ1) is 10.3. The van der Waals surface area contributed by atoms with E-state index in [1.54, 1.807) is 6.20 Å². The zero-order chi connectivity index (χ0) is 16.3. The van der Waals surface area contributed by atoms with E-state index >= 15 is 0 Å². The largest absolute Gasteiger partial charge is 0.329 e. The van der Waals surface area contributed by atoms with Gasteiger partial charge < -0.3 is 10.6 Å². The minimum absolute atomic E-state index is 0.240. The van der Waals surface area contributed by atoms with Gasteiger partial charge in [-0.1, -0.05) is 0 Å². The Morgan fingerprint density at radius 2 is 2.05 bits per heavy atom. The quantitative estimate of drug-likeness (QED) is 0.774. The second-order valence-electron chi connectivity index (χ2n) is 4.56. The lowest BCUT2D eigenvalue weighted by Gasteiger charge is -2.12. The van der Waals surface area contributed by atoms with Gasteiger partial charge in [0.1, 0.15) is 5.01 Å². The molecule has 0 aliphatic rings. The monoisotopic (exact) mass is 341 g/mol. The van der Waals surface area contributed by atoms with Gasteiger partial charge in [-0.15, -0.1) is 11.3 Å². The van der Waals surface area contributed by atoms with Gasteiger partial charge in [-0.2, -0.15) is 0 Å². The van der Waals surface area contributed by atoms with Gasteiger partial charge in [0.25, 0.3) is 10.0 Å². The number of nitrogens with one attached hydrogen (secondary N) is 2. The highest BCUT2D eigenvalue weighted by molar-refractivity contribution is 7.89. The minimum atomic E-state index is -3.85. The molecule has 0 aliphatic carbocycles. The second-order valence-corrected chi connectivity index (χ2v) is 7.33. The Kier molecular flexibility index (Phi) is 4.74. The van der Waals surface area contributed by atoms with E-state index in [0.717, 1.165) is 9.88 Å². The molecule has 10 heteroatoms. The van der Waals surface area contributed by atoms with Crippen LogP contribution in [0.5, 0.6) is 0 Å². The topological polar surface area (TPSA) is 127 Å². The number of sulfonamides is 1. The molecule has 8 nitrogen and oxygen atoms in total. The second kappa shape index (κ2) is 6.38. The van der Waals surface area contributed by atoms with Crippen molar-refractivity contribution in [3.05, 3.63) is 34.4 Å². The van der Waals surface area contributed by atoms with Crippen LogP contribution in [0.25, 0.3) is 0 Å². The maximum absolute atomic E-state index is 11.9. The van der Waals surface area contributed by atoms with Crippen LogP contribution in [-0.4, -0.2) is 24.4 Å². The molecular weight excluding hydrogens is 326 g/mol. The van der Waals surface area contributed by atoms with Crippen molar-refractivity contribution >= 4 is 33.1 Å². The summed E-state index contributed by atoms with van der Waals surface area (Å²) in [4.78, 5) is 20.8. The summed E-state index contributed by atoms with van der Waals surface area (Å²) in [5.41, 5.74) is 0.354. The highest BCUT2D eigenvalue weighted by atomic mass is 32.2. The molecule has 1 unspecified atom stereocenters. The molecule has 2 aromatic rings. The molecule has 2 amide bonds. The average Bonchev–Trinajstić information content (AvgIpc) is 2.85. The third kappa shape index (κ3) is 4.23. The maximum atomic E-state index is 11.9. The molecule has 0 aromatic carbocycles. The summed E-state index contributed by atoms with van der Waals surface area (Å²) >= 11 is 1.50. The molecule has 0 bridgehead atoms. The van der Waals surface area contributed by atoms with E-state index in [2.05, 4.69) is 20.6 Å². The number of hydrogen-bond donors (Lipinski definition) is 3. The Morgan fingerprint density at radius 3 is 2.55 bits per heavy atom. The van der Waals surface area contributed by atoms with E-state index in [4.69, 9.17) is 5.14 Å². The predicted molar refractivity (Wildman–Crippen MR) is 83.0 cm³/mol. The highest BCUT2D eigenvalue weighted by Crippen LogP contribution is 2.19. The van der Waals surface area contributed by atoms with E-state index in [0.29, 0.717) is 5.69 Å². The SMILES string of the molecule is Cc1cnc(C(C)NC(=O)Nc2ccc(S(N)(=O)=O)nc2)s1. The molecule has 0 radical (unpaired) electrons. The van der Waals surface area contributed by atoms with Crippen LogP contribution in [-0.2, 0) is 10.0 Å². The van der Waals surface area contributed by atoms with Crippen molar-refractivity contribution < 1.29 is 13.2 Å². The molecular formula is C12H15N5O3S2. The summed E-state index contributed by atoms with van der Waals surface area (Å²) in [5, 5.41) is 10.8. The van der Waals surface area contributed by atoms with Gasteiger partial charge in [-0.3, -0.25) is 0 Å². The number of pyridine rings is 1. The number of hydrogen-bond acceptors (Lipinski definition) is 6. The summed E-state index contributed by atoms with van der Waals surface area (Å²) in [6, 6.07) is 1.95. The number of urea groups is 1. The predicted octanol–water partition coefficient (Wildman–Crippen LogP) is 1.38. The van der Waals surface area contributed by atoms with Crippen molar-refractivity contribution in [3.8, 4) is 0 Å². The van der Waals surface area contributed by atoms with Crippen LogP contribution in [0.2, 0.25) is 0 Å². The maximum Gasteiger partial charge on any atom is 0.319 e.